The van der Waals surface area contributed by atoms with Gasteiger partial charge in [0.15, 0.2) is 0 Å². The van der Waals surface area contributed by atoms with Gasteiger partial charge >= 0.3 is 0 Å². The number of anilines is 1. The van der Waals surface area contributed by atoms with Gasteiger partial charge < -0.3 is 10.2 Å². The molecule has 0 amide bonds. The number of hydrogen-bond donors (Lipinski definition) is 1. The summed E-state index contributed by atoms with van der Waals surface area (Å²) in [6.45, 7) is 6.96. The third-order valence-electron chi connectivity index (χ3n) is 4.81. The molecule has 1 atom stereocenters. The Kier molecular flexibility index (Phi) is 6.56. The number of fused-ring (bicyclic) bond motifs is 1. The predicted octanol–water partition coefficient (Wildman–Crippen LogP) is 4.69. The molecular formula is C19H32N2. The van der Waals surface area contributed by atoms with Crippen molar-refractivity contribution >= 4 is 5.69 Å². The van der Waals surface area contributed by atoms with Crippen molar-refractivity contribution in [3.8, 4) is 0 Å². The highest BCUT2D eigenvalue weighted by molar-refractivity contribution is 5.59. The summed E-state index contributed by atoms with van der Waals surface area (Å²) in [6.07, 6.45) is 9.52. The van der Waals surface area contributed by atoms with Crippen molar-refractivity contribution in [3.63, 3.8) is 0 Å². The molecule has 1 unspecified atom stereocenters. The topological polar surface area (TPSA) is 15.3 Å². The molecule has 0 spiro atoms. The minimum atomic E-state index is 0.447. The molecule has 0 fully saturated rings. The first-order valence-electron chi connectivity index (χ1n) is 8.81. The molecule has 118 valence electrons. The Morgan fingerprint density at radius 3 is 2.67 bits per heavy atom. The maximum atomic E-state index is 3.33. The molecule has 0 bridgehead atoms. The van der Waals surface area contributed by atoms with E-state index in [1.807, 2.05) is 7.05 Å². The molecule has 0 radical (unpaired) electrons. The number of nitrogens with one attached hydrogen (secondary N) is 1. The summed E-state index contributed by atoms with van der Waals surface area (Å²) in [5.74, 6) is 0. The van der Waals surface area contributed by atoms with Crippen LogP contribution in [0.5, 0.6) is 0 Å². The Morgan fingerprint density at radius 2 is 1.90 bits per heavy atom. The van der Waals surface area contributed by atoms with Gasteiger partial charge in [-0.1, -0.05) is 51.2 Å². The number of benzene rings is 1. The molecule has 1 aromatic carbocycles. The summed E-state index contributed by atoms with van der Waals surface area (Å²) in [5.41, 5.74) is 4.44. The fourth-order valence-electron chi connectivity index (χ4n) is 3.24. The Bertz CT molecular complexity index is 428. The van der Waals surface area contributed by atoms with Crippen LogP contribution in [-0.4, -0.2) is 20.1 Å². The van der Waals surface area contributed by atoms with Crippen molar-refractivity contribution in [1.82, 2.24) is 5.32 Å². The van der Waals surface area contributed by atoms with Gasteiger partial charge in [0, 0.05) is 24.8 Å². The fourth-order valence-corrected chi connectivity index (χ4v) is 3.24. The monoisotopic (exact) mass is 288 g/mol. The molecule has 1 aliphatic heterocycles. The lowest BCUT2D eigenvalue weighted by Crippen LogP contribution is -2.21. The molecular weight excluding hydrogens is 256 g/mol. The lowest BCUT2D eigenvalue weighted by atomic mass is 10.0. The van der Waals surface area contributed by atoms with E-state index in [0.717, 1.165) is 0 Å². The third-order valence-corrected chi connectivity index (χ3v) is 4.81. The molecule has 0 aliphatic carbocycles. The summed E-state index contributed by atoms with van der Waals surface area (Å²) in [6, 6.07) is 7.47. The minimum Gasteiger partial charge on any atom is -0.371 e. The van der Waals surface area contributed by atoms with Crippen molar-refractivity contribution in [1.29, 1.82) is 0 Å². The van der Waals surface area contributed by atoms with Gasteiger partial charge in [0.1, 0.15) is 0 Å². The lowest BCUT2D eigenvalue weighted by molar-refractivity contribution is 0.602. The molecule has 1 N–H and O–H groups in total. The van der Waals surface area contributed by atoms with Crippen LogP contribution in [-0.2, 0) is 6.42 Å². The second kappa shape index (κ2) is 8.43. The van der Waals surface area contributed by atoms with E-state index in [1.54, 1.807) is 5.56 Å². The van der Waals surface area contributed by atoms with Crippen molar-refractivity contribution in [2.75, 3.05) is 25.0 Å². The normalized spacial score (nSPS) is 15.3. The number of hydrogen-bond acceptors (Lipinski definition) is 2. The van der Waals surface area contributed by atoms with E-state index < -0.39 is 0 Å². The Morgan fingerprint density at radius 1 is 1.14 bits per heavy atom. The third kappa shape index (κ3) is 4.47. The van der Waals surface area contributed by atoms with Crippen LogP contribution in [0.25, 0.3) is 0 Å². The van der Waals surface area contributed by atoms with Gasteiger partial charge in [-0.15, -0.1) is 0 Å². The number of unbranched alkanes of at least 4 members (excludes halogenated alkanes) is 5. The van der Waals surface area contributed by atoms with E-state index >= 15 is 0 Å². The van der Waals surface area contributed by atoms with Gasteiger partial charge in [0.2, 0.25) is 0 Å². The Hall–Kier alpha value is -1.02. The fraction of sp³-hybridized carbons (Fsp3) is 0.684. The summed E-state index contributed by atoms with van der Waals surface area (Å²) in [7, 11) is 2.03. The van der Waals surface area contributed by atoms with Crippen molar-refractivity contribution in [3.05, 3.63) is 29.3 Å². The highest BCUT2D eigenvalue weighted by Gasteiger charge is 2.19. The quantitative estimate of drug-likeness (QED) is 0.663. The largest absolute Gasteiger partial charge is 0.371 e. The predicted molar refractivity (Wildman–Crippen MR) is 93.2 cm³/mol. The number of nitrogens with zero attached hydrogens (tertiary/aromatic N) is 1. The van der Waals surface area contributed by atoms with Gasteiger partial charge in [-0.3, -0.25) is 0 Å². The van der Waals surface area contributed by atoms with Crippen molar-refractivity contribution < 1.29 is 0 Å². The zero-order valence-corrected chi connectivity index (χ0v) is 14.1. The van der Waals surface area contributed by atoms with Gasteiger partial charge in [0.25, 0.3) is 0 Å². The van der Waals surface area contributed by atoms with Crippen LogP contribution >= 0.6 is 0 Å². The van der Waals surface area contributed by atoms with Gasteiger partial charge in [-0.25, -0.2) is 0 Å². The van der Waals surface area contributed by atoms with Gasteiger partial charge in [0.05, 0.1) is 0 Å². The average Bonchev–Trinajstić information content (AvgIpc) is 2.92. The Balaban J connectivity index is 1.82. The molecule has 0 saturated heterocycles. The van der Waals surface area contributed by atoms with Crippen LogP contribution in [0.4, 0.5) is 5.69 Å². The first-order valence-corrected chi connectivity index (χ1v) is 8.81. The van der Waals surface area contributed by atoms with Gasteiger partial charge in [-0.05, 0) is 44.0 Å². The van der Waals surface area contributed by atoms with E-state index in [9.17, 15) is 0 Å². The highest BCUT2D eigenvalue weighted by atomic mass is 15.1. The molecule has 1 aromatic rings. The molecule has 0 aromatic heterocycles. The second-order valence-corrected chi connectivity index (χ2v) is 6.40. The smallest absolute Gasteiger partial charge is 0.0399 e. The van der Waals surface area contributed by atoms with E-state index in [4.69, 9.17) is 0 Å². The first kappa shape index (κ1) is 16.4. The second-order valence-electron chi connectivity index (χ2n) is 6.40. The molecule has 1 heterocycles. The zero-order chi connectivity index (χ0) is 15.1. The minimum absolute atomic E-state index is 0.447. The lowest BCUT2D eigenvalue weighted by Gasteiger charge is -2.20. The van der Waals surface area contributed by atoms with E-state index in [-0.39, 0.29) is 0 Å². The van der Waals surface area contributed by atoms with Crippen molar-refractivity contribution in [2.24, 2.45) is 0 Å². The maximum Gasteiger partial charge on any atom is 0.0399 e. The summed E-state index contributed by atoms with van der Waals surface area (Å²) < 4.78 is 0. The van der Waals surface area contributed by atoms with E-state index in [1.165, 1.54) is 69.3 Å². The Labute approximate surface area is 130 Å². The number of rotatable bonds is 9. The molecule has 1 aliphatic rings. The van der Waals surface area contributed by atoms with Crippen LogP contribution in [0, 0.1) is 0 Å². The average molecular weight is 288 g/mol. The molecule has 21 heavy (non-hydrogen) atoms. The molecule has 2 nitrogen and oxygen atoms in total. The van der Waals surface area contributed by atoms with Crippen LogP contribution < -0.4 is 10.2 Å². The standard InChI is InChI=1S/C19H32N2/c1-4-5-6-7-8-9-13-21-14-12-18-15-17(16(2)20-3)10-11-19(18)21/h10-11,15-16,20H,4-9,12-14H2,1-3H3. The molecule has 0 saturated carbocycles. The SMILES string of the molecule is CCCCCCCCN1CCc2cc(C(C)NC)ccc21. The van der Waals surface area contributed by atoms with Crippen LogP contribution in [0.3, 0.4) is 0 Å². The summed E-state index contributed by atoms with van der Waals surface area (Å²) in [5, 5.41) is 3.33. The van der Waals surface area contributed by atoms with Crippen LogP contribution in [0.1, 0.15) is 69.5 Å². The van der Waals surface area contributed by atoms with E-state index in [2.05, 4.69) is 42.3 Å². The van der Waals surface area contributed by atoms with Crippen molar-refractivity contribution in [2.45, 2.75) is 64.8 Å². The summed E-state index contributed by atoms with van der Waals surface area (Å²) >= 11 is 0. The first-order chi connectivity index (χ1) is 10.3. The zero-order valence-electron chi connectivity index (χ0n) is 14.1. The van der Waals surface area contributed by atoms with Crippen LogP contribution in [0.15, 0.2) is 18.2 Å². The summed E-state index contributed by atoms with van der Waals surface area (Å²) in [4.78, 5) is 2.59. The van der Waals surface area contributed by atoms with Gasteiger partial charge in [-0.2, -0.15) is 0 Å². The van der Waals surface area contributed by atoms with Crippen LogP contribution in [0.2, 0.25) is 0 Å². The highest BCUT2D eigenvalue weighted by Crippen LogP contribution is 2.30. The van der Waals surface area contributed by atoms with E-state index in [0.29, 0.717) is 6.04 Å². The molecule has 2 rings (SSSR count). The molecule has 2 heteroatoms. The maximum absolute atomic E-state index is 3.33.